The second-order valence-electron chi connectivity index (χ2n) is 5.35. The number of aromatic nitrogens is 1. The van der Waals surface area contributed by atoms with Crippen LogP contribution in [-0.2, 0) is 0 Å². The Morgan fingerprint density at radius 3 is 2.78 bits per heavy atom. The van der Waals surface area contributed by atoms with E-state index in [-0.39, 0.29) is 0 Å². The Labute approximate surface area is 113 Å². The first kappa shape index (κ1) is 12.0. The molecule has 1 saturated carbocycles. The third kappa shape index (κ3) is 2.51. The fourth-order valence-corrected chi connectivity index (χ4v) is 3.79. The highest BCUT2D eigenvalue weighted by molar-refractivity contribution is 7.22. The van der Waals surface area contributed by atoms with Gasteiger partial charge in [0.25, 0.3) is 0 Å². The Morgan fingerprint density at radius 1 is 1.22 bits per heavy atom. The highest BCUT2D eigenvalue weighted by Crippen LogP contribution is 2.30. The number of fused-ring (bicyclic) bond motifs is 1. The van der Waals surface area contributed by atoms with Crippen molar-refractivity contribution < 1.29 is 0 Å². The maximum Gasteiger partial charge on any atom is 0.186 e. The molecule has 0 unspecified atom stereocenters. The number of benzene rings is 1. The molecule has 2 nitrogen and oxygen atoms in total. The van der Waals surface area contributed by atoms with E-state index in [1.165, 1.54) is 48.5 Å². The van der Waals surface area contributed by atoms with Crippen LogP contribution in [0.5, 0.6) is 0 Å². The molecule has 1 aromatic heterocycles. The van der Waals surface area contributed by atoms with Crippen molar-refractivity contribution in [3.05, 3.63) is 24.3 Å². The fourth-order valence-electron chi connectivity index (χ4n) is 2.86. The van der Waals surface area contributed by atoms with Crippen molar-refractivity contribution in [1.82, 2.24) is 4.98 Å². The largest absolute Gasteiger partial charge is 0.351 e. The minimum Gasteiger partial charge on any atom is -0.351 e. The zero-order chi connectivity index (χ0) is 12.4. The average Bonchev–Trinajstić information content (AvgIpc) is 2.84. The van der Waals surface area contributed by atoms with Gasteiger partial charge in [0.1, 0.15) is 0 Å². The van der Waals surface area contributed by atoms with Gasteiger partial charge in [-0.3, -0.25) is 0 Å². The molecular weight excluding hydrogens is 240 g/mol. The molecule has 0 amide bonds. The van der Waals surface area contributed by atoms with Crippen molar-refractivity contribution in [2.75, 3.05) is 18.5 Å². The molecule has 18 heavy (non-hydrogen) atoms. The summed E-state index contributed by atoms with van der Waals surface area (Å²) < 4.78 is 1.29. The van der Waals surface area contributed by atoms with Gasteiger partial charge >= 0.3 is 0 Å². The van der Waals surface area contributed by atoms with Crippen molar-refractivity contribution >= 4 is 26.7 Å². The molecule has 0 atom stereocenters. The summed E-state index contributed by atoms with van der Waals surface area (Å²) >= 11 is 1.81. The van der Waals surface area contributed by atoms with Gasteiger partial charge in [-0.25, -0.2) is 4.98 Å². The fraction of sp³-hybridized carbons (Fsp3) is 0.533. The Bertz CT molecular complexity index is 481. The van der Waals surface area contributed by atoms with E-state index in [2.05, 4.69) is 36.2 Å². The van der Waals surface area contributed by atoms with Crippen molar-refractivity contribution in [3.8, 4) is 0 Å². The lowest BCUT2D eigenvalue weighted by Gasteiger charge is -2.26. The molecule has 1 aromatic carbocycles. The molecular formula is C15H20N2S. The molecule has 2 aromatic rings. The summed E-state index contributed by atoms with van der Waals surface area (Å²) in [5, 5.41) is 1.17. The molecule has 0 N–H and O–H groups in total. The van der Waals surface area contributed by atoms with E-state index < -0.39 is 0 Å². The lowest BCUT2D eigenvalue weighted by atomic mass is 9.89. The monoisotopic (exact) mass is 260 g/mol. The Balaban J connectivity index is 1.72. The van der Waals surface area contributed by atoms with Crippen molar-refractivity contribution in [2.45, 2.75) is 32.1 Å². The molecule has 0 aliphatic heterocycles. The highest BCUT2D eigenvalue weighted by atomic mass is 32.1. The Morgan fingerprint density at radius 2 is 2.00 bits per heavy atom. The molecule has 1 aliphatic rings. The van der Waals surface area contributed by atoms with E-state index in [0.29, 0.717) is 0 Å². The average molecular weight is 260 g/mol. The molecule has 0 spiro atoms. The number of nitrogens with zero attached hydrogens (tertiary/aromatic N) is 2. The molecule has 3 heteroatoms. The van der Waals surface area contributed by atoms with Crippen LogP contribution in [0, 0.1) is 5.92 Å². The standard InChI is InChI=1S/C15H20N2S/c1-17(11-12-7-3-2-4-8-12)15-16-13-9-5-6-10-14(13)18-15/h5-6,9-10,12H,2-4,7-8,11H2,1H3. The van der Waals surface area contributed by atoms with Crippen LogP contribution in [0.25, 0.3) is 10.2 Å². The summed E-state index contributed by atoms with van der Waals surface area (Å²) in [6.07, 6.45) is 7.06. The first-order valence-corrected chi connectivity index (χ1v) is 7.71. The maximum absolute atomic E-state index is 4.72. The Kier molecular flexibility index (Phi) is 3.50. The molecule has 0 bridgehead atoms. The van der Waals surface area contributed by atoms with Gasteiger partial charge in [-0.1, -0.05) is 42.7 Å². The minimum absolute atomic E-state index is 0.871. The van der Waals surface area contributed by atoms with Gasteiger partial charge in [0, 0.05) is 13.6 Å². The van der Waals surface area contributed by atoms with Gasteiger partial charge < -0.3 is 4.90 Å². The van der Waals surface area contributed by atoms with Gasteiger partial charge in [0.2, 0.25) is 0 Å². The minimum atomic E-state index is 0.871. The third-order valence-corrected chi connectivity index (χ3v) is 5.02. The number of hydrogen-bond donors (Lipinski definition) is 0. The van der Waals surface area contributed by atoms with Crippen LogP contribution in [0.15, 0.2) is 24.3 Å². The van der Waals surface area contributed by atoms with E-state index in [9.17, 15) is 0 Å². The summed E-state index contributed by atoms with van der Waals surface area (Å²) in [4.78, 5) is 7.07. The lowest BCUT2D eigenvalue weighted by Crippen LogP contribution is -2.26. The van der Waals surface area contributed by atoms with Crippen molar-refractivity contribution in [3.63, 3.8) is 0 Å². The predicted molar refractivity (Wildman–Crippen MR) is 79.5 cm³/mol. The summed E-state index contributed by atoms with van der Waals surface area (Å²) in [7, 11) is 2.19. The molecule has 0 saturated heterocycles. The summed E-state index contributed by atoms with van der Waals surface area (Å²) in [6, 6.07) is 8.41. The van der Waals surface area contributed by atoms with E-state index in [0.717, 1.165) is 11.4 Å². The topological polar surface area (TPSA) is 16.1 Å². The van der Waals surface area contributed by atoms with E-state index in [1.54, 1.807) is 0 Å². The van der Waals surface area contributed by atoms with Gasteiger partial charge in [-0.05, 0) is 30.9 Å². The molecule has 1 fully saturated rings. The SMILES string of the molecule is CN(CC1CCCCC1)c1nc2ccccc2s1. The van der Waals surface area contributed by atoms with Gasteiger partial charge in [-0.2, -0.15) is 0 Å². The number of thiazole rings is 1. The van der Waals surface area contributed by atoms with Crippen LogP contribution in [0.3, 0.4) is 0 Å². The Hall–Kier alpha value is -1.09. The summed E-state index contributed by atoms with van der Waals surface area (Å²) in [5.74, 6) is 0.871. The van der Waals surface area contributed by atoms with Crippen LogP contribution in [0.2, 0.25) is 0 Å². The van der Waals surface area contributed by atoms with Crippen molar-refractivity contribution in [2.24, 2.45) is 5.92 Å². The van der Waals surface area contributed by atoms with Crippen LogP contribution in [0.1, 0.15) is 32.1 Å². The number of rotatable bonds is 3. The smallest absolute Gasteiger partial charge is 0.186 e. The molecule has 0 radical (unpaired) electrons. The van der Waals surface area contributed by atoms with Crippen LogP contribution in [-0.4, -0.2) is 18.6 Å². The highest BCUT2D eigenvalue weighted by Gasteiger charge is 2.17. The quantitative estimate of drug-likeness (QED) is 0.817. The zero-order valence-corrected chi connectivity index (χ0v) is 11.7. The summed E-state index contributed by atoms with van der Waals surface area (Å²) in [5.41, 5.74) is 1.13. The second kappa shape index (κ2) is 5.27. The number of para-hydroxylation sites is 1. The third-order valence-electron chi connectivity index (χ3n) is 3.87. The predicted octanol–water partition coefficient (Wildman–Crippen LogP) is 4.31. The second-order valence-corrected chi connectivity index (χ2v) is 6.36. The van der Waals surface area contributed by atoms with E-state index in [1.807, 2.05) is 11.3 Å². The van der Waals surface area contributed by atoms with Gasteiger partial charge in [-0.15, -0.1) is 0 Å². The maximum atomic E-state index is 4.72. The van der Waals surface area contributed by atoms with Crippen molar-refractivity contribution in [1.29, 1.82) is 0 Å². The molecule has 3 rings (SSSR count). The summed E-state index contributed by atoms with van der Waals surface area (Å²) in [6.45, 7) is 1.17. The number of hydrogen-bond acceptors (Lipinski definition) is 3. The first-order chi connectivity index (χ1) is 8.83. The molecule has 96 valence electrons. The first-order valence-electron chi connectivity index (χ1n) is 6.89. The normalized spacial score (nSPS) is 17.2. The van der Waals surface area contributed by atoms with Crippen LogP contribution in [0.4, 0.5) is 5.13 Å². The zero-order valence-electron chi connectivity index (χ0n) is 10.9. The molecule has 1 heterocycles. The van der Waals surface area contributed by atoms with Gasteiger partial charge in [0.05, 0.1) is 10.2 Å². The van der Waals surface area contributed by atoms with Crippen LogP contribution >= 0.6 is 11.3 Å². The van der Waals surface area contributed by atoms with Crippen LogP contribution < -0.4 is 4.90 Å². The molecule has 1 aliphatic carbocycles. The van der Waals surface area contributed by atoms with Gasteiger partial charge in [0.15, 0.2) is 5.13 Å². The number of anilines is 1. The van der Waals surface area contributed by atoms with E-state index >= 15 is 0 Å². The lowest BCUT2D eigenvalue weighted by molar-refractivity contribution is 0.362. The van der Waals surface area contributed by atoms with E-state index in [4.69, 9.17) is 4.98 Å².